The number of hydrogen-bond donors (Lipinski definition) is 0. The molecule has 0 aliphatic carbocycles. The maximum absolute atomic E-state index is 5.03. The van der Waals surface area contributed by atoms with Crippen molar-refractivity contribution >= 4 is 21.8 Å². The molecule has 3 aromatic heterocycles. The molecule has 0 saturated heterocycles. The Kier molecular flexibility index (Phi) is 6.39. The molecule has 0 amide bonds. The lowest BCUT2D eigenvalue weighted by molar-refractivity contribution is 1.07. The molecule has 5 aromatic carbocycles. The molecule has 0 fully saturated rings. The minimum absolute atomic E-state index is 0.616. The number of nitrogens with zero attached hydrogens (tertiary/aromatic N) is 5. The summed E-state index contributed by atoms with van der Waals surface area (Å²) in [5.41, 5.74) is 9.04. The molecule has 0 spiro atoms. The molecule has 5 nitrogen and oxygen atoms in total. The molecule has 0 unspecified atom stereocenters. The molecule has 44 heavy (non-hydrogen) atoms. The highest BCUT2D eigenvalue weighted by Crippen LogP contribution is 2.35. The molecule has 5 heteroatoms. The second-order valence-corrected chi connectivity index (χ2v) is 10.7. The van der Waals surface area contributed by atoms with Crippen LogP contribution in [0.15, 0.2) is 152 Å². The van der Waals surface area contributed by atoms with Crippen molar-refractivity contribution in [1.82, 2.24) is 24.9 Å². The second-order valence-electron chi connectivity index (χ2n) is 10.7. The highest BCUT2D eigenvalue weighted by atomic mass is 15.0. The van der Waals surface area contributed by atoms with Crippen LogP contribution < -0.4 is 0 Å². The van der Waals surface area contributed by atoms with Crippen LogP contribution in [0.4, 0.5) is 0 Å². The predicted octanol–water partition coefficient (Wildman–Crippen LogP) is 9.30. The molecule has 0 saturated carbocycles. The van der Waals surface area contributed by atoms with E-state index in [1.807, 2.05) is 85.2 Å². The van der Waals surface area contributed by atoms with E-state index in [1.165, 1.54) is 0 Å². The minimum atomic E-state index is 0.616. The van der Waals surface area contributed by atoms with Gasteiger partial charge in [-0.15, -0.1) is 0 Å². The van der Waals surface area contributed by atoms with Gasteiger partial charge in [-0.1, -0.05) is 84.9 Å². The Morgan fingerprint density at radius 1 is 0.295 bits per heavy atom. The molecule has 0 bridgehead atoms. The molecule has 206 valence electrons. The molecular formula is C39H25N5. The van der Waals surface area contributed by atoms with Crippen molar-refractivity contribution in [3.63, 3.8) is 0 Å². The van der Waals surface area contributed by atoms with Gasteiger partial charge in [-0.2, -0.15) is 0 Å². The van der Waals surface area contributed by atoms with Crippen LogP contribution in [0.1, 0.15) is 0 Å². The van der Waals surface area contributed by atoms with Gasteiger partial charge in [-0.25, -0.2) is 15.0 Å². The second kappa shape index (κ2) is 11.0. The van der Waals surface area contributed by atoms with Gasteiger partial charge in [0.15, 0.2) is 17.5 Å². The van der Waals surface area contributed by atoms with Crippen molar-refractivity contribution < 1.29 is 0 Å². The maximum atomic E-state index is 5.03. The summed E-state index contributed by atoms with van der Waals surface area (Å²) < 4.78 is 0. The minimum Gasteiger partial charge on any atom is -0.256 e. The van der Waals surface area contributed by atoms with Crippen LogP contribution in [0.2, 0.25) is 0 Å². The Bertz CT molecular complexity index is 2130. The Morgan fingerprint density at radius 2 is 0.727 bits per heavy atom. The van der Waals surface area contributed by atoms with Gasteiger partial charge in [0.25, 0.3) is 0 Å². The smallest absolute Gasteiger partial charge is 0.164 e. The number of hydrogen-bond acceptors (Lipinski definition) is 5. The molecule has 0 radical (unpaired) electrons. The number of fused-ring (bicyclic) bond motifs is 2. The predicted molar refractivity (Wildman–Crippen MR) is 178 cm³/mol. The first kappa shape index (κ1) is 25.6. The average Bonchev–Trinajstić information content (AvgIpc) is 3.11. The lowest BCUT2D eigenvalue weighted by atomic mass is 9.94. The van der Waals surface area contributed by atoms with E-state index in [4.69, 9.17) is 15.0 Å². The van der Waals surface area contributed by atoms with Crippen LogP contribution in [0.25, 0.3) is 78.2 Å². The van der Waals surface area contributed by atoms with E-state index in [-0.39, 0.29) is 0 Å². The first-order valence-electron chi connectivity index (χ1n) is 14.5. The first-order valence-corrected chi connectivity index (χ1v) is 14.5. The zero-order chi connectivity index (χ0) is 29.3. The van der Waals surface area contributed by atoms with Gasteiger partial charge in [0.2, 0.25) is 0 Å². The van der Waals surface area contributed by atoms with Crippen LogP contribution in [0, 0.1) is 0 Å². The van der Waals surface area contributed by atoms with Gasteiger partial charge in [0.1, 0.15) is 0 Å². The number of aromatic nitrogens is 5. The number of pyridine rings is 2. The molecule has 8 rings (SSSR count). The average molecular weight is 564 g/mol. The molecule has 3 heterocycles. The van der Waals surface area contributed by atoms with E-state index in [9.17, 15) is 0 Å². The monoisotopic (exact) mass is 563 g/mol. The van der Waals surface area contributed by atoms with Crippen LogP contribution in [0.5, 0.6) is 0 Å². The van der Waals surface area contributed by atoms with E-state index in [1.54, 1.807) is 0 Å². The third-order valence-electron chi connectivity index (χ3n) is 7.76. The Hall–Kier alpha value is -6.07. The third kappa shape index (κ3) is 4.97. The standard InChI is InChI=1S/C39H25N5/c1-3-9-26(10-4-1)37-42-38(27-11-5-2-6-12-27)44-39(43-37)34-24-32(28-15-17-35-30(21-28)13-7-19-40-35)23-33(25-34)29-16-18-36-31(22-29)14-8-20-41-36/h1-25H. The SMILES string of the molecule is c1ccc(-c2nc(-c3ccccc3)nc(-c3cc(-c4ccc5ncccc5c4)cc(-c4ccc5ncccc5c4)c3)n2)cc1. The first-order chi connectivity index (χ1) is 21.8. The largest absolute Gasteiger partial charge is 0.256 e. The van der Waals surface area contributed by atoms with Gasteiger partial charge < -0.3 is 0 Å². The number of benzene rings is 5. The fourth-order valence-electron chi connectivity index (χ4n) is 5.54. The van der Waals surface area contributed by atoms with Gasteiger partial charge in [-0.3, -0.25) is 9.97 Å². The van der Waals surface area contributed by atoms with Crippen molar-refractivity contribution in [3.05, 3.63) is 152 Å². The zero-order valence-corrected chi connectivity index (χ0v) is 23.7. The summed E-state index contributed by atoms with van der Waals surface area (Å²) >= 11 is 0. The molecule has 0 aliphatic rings. The molecule has 0 N–H and O–H groups in total. The van der Waals surface area contributed by atoms with E-state index in [0.29, 0.717) is 17.5 Å². The molecule has 0 aliphatic heterocycles. The van der Waals surface area contributed by atoms with Crippen LogP contribution in [-0.2, 0) is 0 Å². The van der Waals surface area contributed by atoms with Crippen LogP contribution in [-0.4, -0.2) is 24.9 Å². The zero-order valence-electron chi connectivity index (χ0n) is 23.7. The van der Waals surface area contributed by atoms with E-state index in [0.717, 1.165) is 60.8 Å². The Balaban J connectivity index is 1.36. The summed E-state index contributed by atoms with van der Waals surface area (Å²) in [6, 6.07) is 47.6. The lowest BCUT2D eigenvalue weighted by Gasteiger charge is -2.13. The quantitative estimate of drug-likeness (QED) is 0.209. The Labute approximate surface area is 254 Å². The summed E-state index contributed by atoms with van der Waals surface area (Å²) in [5.74, 6) is 1.88. The van der Waals surface area contributed by atoms with E-state index < -0.39 is 0 Å². The van der Waals surface area contributed by atoms with Gasteiger partial charge in [0, 0.05) is 39.9 Å². The normalized spacial score (nSPS) is 11.2. The summed E-state index contributed by atoms with van der Waals surface area (Å²) in [6.07, 6.45) is 3.65. The van der Waals surface area contributed by atoms with Crippen molar-refractivity contribution in [2.24, 2.45) is 0 Å². The highest BCUT2D eigenvalue weighted by molar-refractivity contribution is 5.89. The Morgan fingerprint density at radius 3 is 1.20 bits per heavy atom. The lowest BCUT2D eigenvalue weighted by Crippen LogP contribution is -2.00. The highest BCUT2D eigenvalue weighted by Gasteiger charge is 2.15. The van der Waals surface area contributed by atoms with Crippen molar-refractivity contribution in [2.75, 3.05) is 0 Å². The fourth-order valence-corrected chi connectivity index (χ4v) is 5.54. The van der Waals surface area contributed by atoms with Crippen molar-refractivity contribution in [1.29, 1.82) is 0 Å². The molecule has 0 atom stereocenters. The summed E-state index contributed by atoms with van der Waals surface area (Å²) in [7, 11) is 0. The van der Waals surface area contributed by atoms with Crippen molar-refractivity contribution in [2.45, 2.75) is 0 Å². The van der Waals surface area contributed by atoms with Gasteiger partial charge in [-0.05, 0) is 76.9 Å². The van der Waals surface area contributed by atoms with Crippen LogP contribution >= 0.6 is 0 Å². The fraction of sp³-hybridized carbons (Fsp3) is 0. The summed E-state index contributed by atoms with van der Waals surface area (Å²) in [6.45, 7) is 0. The van der Waals surface area contributed by atoms with E-state index in [2.05, 4.69) is 76.7 Å². The summed E-state index contributed by atoms with van der Waals surface area (Å²) in [5, 5.41) is 2.18. The van der Waals surface area contributed by atoms with Gasteiger partial charge >= 0.3 is 0 Å². The molecular weight excluding hydrogens is 538 g/mol. The maximum Gasteiger partial charge on any atom is 0.164 e. The van der Waals surface area contributed by atoms with Crippen molar-refractivity contribution in [3.8, 4) is 56.4 Å². The topological polar surface area (TPSA) is 64.5 Å². The third-order valence-corrected chi connectivity index (χ3v) is 7.76. The van der Waals surface area contributed by atoms with Crippen LogP contribution in [0.3, 0.4) is 0 Å². The summed E-state index contributed by atoms with van der Waals surface area (Å²) in [4.78, 5) is 24.0. The van der Waals surface area contributed by atoms with Gasteiger partial charge in [0.05, 0.1) is 11.0 Å². The number of rotatable bonds is 5. The van der Waals surface area contributed by atoms with E-state index >= 15 is 0 Å². The molecule has 8 aromatic rings.